The van der Waals surface area contributed by atoms with Crippen LogP contribution in [0.5, 0.6) is 0 Å². The first-order chi connectivity index (χ1) is 7.70. The minimum Gasteiger partial charge on any atom is -0.480 e. The molecule has 1 fully saturated rings. The highest BCUT2D eigenvalue weighted by Gasteiger charge is 2.32. The van der Waals surface area contributed by atoms with E-state index in [1.807, 2.05) is 23.2 Å². The van der Waals surface area contributed by atoms with Gasteiger partial charge in [0.05, 0.1) is 0 Å². The number of pyridine rings is 1. The number of carbonyl (C=O) groups is 1. The van der Waals surface area contributed by atoms with Crippen molar-refractivity contribution in [1.82, 2.24) is 9.88 Å². The van der Waals surface area contributed by atoms with Crippen molar-refractivity contribution in [2.24, 2.45) is 0 Å². The third-order valence-electron chi connectivity index (χ3n) is 3.22. The zero-order valence-corrected chi connectivity index (χ0v) is 9.34. The molecule has 2 atom stereocenters. The number of likely N-dealkylation sites (tertiary alicyclic amines) is 1. The van der Waals surface area contributed by atoms with Gasteiger partial charge in [-0.05, 0) is 37.9 Å². The molecule has 0 aliphatic carbocycles. The smallest absolute Gasteiger partial charge is 0.320 e. The van der Waals surface area contributed by atoms with Crippen molar-refractivity contribution in [3.05, 3.63) is 30.1 Å². The number of aliphatic carboxylic acids is 1. The van der Waals surface area contributed by atoms with Gasteiger partial charge in [0.2, 0.25) is 0 Å². The Morgan fingerprint density at radius 2 is 2.50 bits per heavy atom. The summed E-state index contributed by atoms with van der Waals surface area (Å²) in [6, 6.07) is 3.70. The molecule has 1 aliphatic heterocycles. The number of carboxylic acid groups (broad SMARTS) is 1. The first kappa shape index (κ1) is 11.1. The van der Waals surface area contributed by atoms with Crippen LogP contribution >= 0.6 is 0 Å². The Labute approximate surface area is 94.9 Å². The van der Waals surface area contributed by atoms with Crippen LogP contribution in [0.1, 0.15) is 31.4 Å². The lowest BCUT2D eigenvalue weighted by Gasteiger charge is -2.27. The second-order valence-corrected chi connectivity index (χ2v) is 4.20. The normalized spacial score (nSPS) is 23.2. The first-order valence-corrected chi connectivity index (χ1v) is 5.58. The summed E-state index contributed by atoms with van der Waals surface area (Å²) in [5, 5.41) is 9.05. The van der Waals surface area contributed by atoms with Crippen LogP contribution in [0.3, 0.4) is 0 Å². The predicted octanol–water partition coefficient (Wildman–Crippen LogP) is 1.69. The molecule has 16 heavy (non-hydrogen) atoms. The Kier molecular flexibility index (Phi) is 3.19. The molecule has 4 heteroatoms. The van der Waals surface area contributed by atoms with E-state index in [4.69, 9.17) is 5.11 Å². The zero-order chi connectivity index (χ0) is 11.5. The van der Waals surface area contributed by atoms with Gasteiger partial charge < -0.3 is 5.11 Å². The quantitative estimate of drug-likeness (QED) is 0.842. The highest BCUT2D eigenvalue weighted by molar-refractivity contribution is 5.73. The number of rotatable bonds is 3. The van der Waals surface area contributed by atoms with Crippen molar-refractivity contribution in [3.8, 4) is 0 Å². The van der Waals surface area contributed by atoms with Gasteiger partial charge in [0.25, 0.3) is 0 Å². The fourth-order valence-electron chi connectivity index (χ4n) is 2.33. The van der Waals surface area contributed by atoms with Crippen molar-refractivity contribution < 1.29 is 9.90 Å². The Bertz CT molecular complexity index is 367. The third kappa shape index (κ3) is 2.07. The standard InChI is InChI=1S/C12H16N2O2/c1-9(12(15)16)14-7-3-5-11(14)10-4-2-6-13-8-10/h2,4,6,8-9,11H,3,5,7H2,1H3,(H,15,16)/t9-,11-/m1/s1. The Balaban J connectivity index is 2.18. The van der Waals surface area contributed by atoms with Gasteiger partial charge >= 0.3 is 5.97 Å². The number of hydrogen-bond acceptors (Lipinski definition) is 3. The summed E-state index contributed by atoms with van der Waals surface area (Å²) in [5.41, 5.74) is 1.12. The van der Waals surface area contributed by atoms with Crippen LogP contribution in [0.25, 0.3) is 0 Å². The second-order valence-electron chi connectivity index (χ2n) is 4.20. The van der Waals surface area contributed by atoms with Crippen LogP contribution in [0.2, 0.25) is 0 Å². The molecule has 0 radical (unpaired) electrons. The van der Waals surface area contributed by atoms with E-state index in [9.17, 15) is 4.79 Å². The van der Waals surface area contributed by atoms with Gasteiger partial charge in [0.15, 0.2) is 0 Å². The van der Waals surface area contributed by atoms with E-state index >= 15 is 0 Å². The topological polar surface area (TPSA) is 53.4 Å². The van der Waals surface area contributed by atoms with Gasteiger partial charge in [-0.15, -0.1) is 0 Å². The maximum atomic E-state index is 11.0. The Morgan fingerprint density at radius 3 is 3.12 bits per heavy atom. The van der Waals surface area contributed by atoms with Gasteiger partial charge in [0, 0.05) is 18.4 Å². The summed E-state index contributed by atoms with van der Waals surface area (Å²) in [6.07, 6.45) is 5.64. The molecule has 2 heterocycles. The zero-order valence-electron chi connectivity index (χ0n) is 9.34. The molecule has 86 valence electrons. The molecule has 0 bridgehead atoms. The molecule has 0 amide bonds. The average Bonchev–Trinajstić information content (AvgIpc) is 2.77. The summed E-state index contributed by atoms with van der Waals surface area (Å²) in [7, 11) is 0. The summed E-state index contributed by atoms with van der Waals surface area (Å²) in [6.45, 7) is 2.60. The molecule has 1 saturated heterocycles. The maximum Gasteiger partial charge on any atom is 0.320 e. The third-order valence-corrected chi connectivity index (χ3v) is 3.22. The van der Waals surface area contributed by atoms with Crippen molar-refractivity contribution in [2.45, 2.75) is 31.8 Å². The van der Waals surface area contributed by atoms with E-state index in [0.717, 1.165) is 24.9 Å². The van der Waals surface area contributed by atoms with E-state index in [2.05, 4.69) is 4.98 Å². The maximum absolute atomic E-state index is 11.0. The van der Waals surface area contributed by atoms with Gasteiger partial charge in [0.1, 0.15) is 6.04 Å². The van der Waals surface area contributed by atoms with Gasteiger partial charge in [-0.3, -0.25) is 14.7 Å². The summed E-state index contributed by atoms with van der Waals surface area (Å²) in [4.78, 5) is 17.1. The highest BCUT2D eigenvalue weighted by Crippen LogP contribution is 2.32. The van der Waals surface area contributed by atoms with Crippen LogP contribution in [-0.2, 0) is 4.79 Å². The SMILES string of the molecule is C[C@H](C(=O)O)N1CCC[C@@H]1c1cccnc1. The Morgan fingerprint density at radius 1 is 1.69 bits per heavy atom. The fraction of sp³-hybridized carbons (Fsp3) is 0.500. The molecule has 0 unspecified atom stereocenters. The largest absolute Gasteiger partial charge is 0.480 e. The molecule has 1 aromatic heterocycles. The van der Waals surface area contributed by atoms with E-state index in [1.54, 1.807) is 13.1 Å². The number of aromatic nitrogens is 1. The van der Waals surface area contributed by atoms with Crippen LogP contribution < -0.4 is 0 Å². The number of nitrogens with zero attached hydrogens (tertiary/aromatic N) is 2. The van der Waals surface area contributed by atoms with Crippen molar-refractivity contribution in [3.63, 3.8) is 0 Å². The molecule has 0 saturated carbocycles. The molecule has 0 aromatic carbocycles. The Hall–Kier alpha value is -1.42. The molecule has 4 nitrogen and oxygen atoms in total. The second kappa shape index (κ2) is 4.61. The van der Waals surface area contributed by atoms with Crippen LogP contribution in [-0.4, -0.2) is 33.5 Å². The highest BCUT2D eigenvalue weighted by atomic mass is 16.4. The molecular weight excluding hydrogens is 204 g/mol. The molecule has 0 spiro atoms. The summed E-state index contributed by atoms with van der Waals surface area (Å²) >= 11 is 0. The molecule has 2 rings (SSSR count). The first-order valence-electron chi connectivity index (χ1n) is 5.58. The molecular formula is C12H16N2O2. The van der Waals surface area contributed by atoms with Crippen molar-refractivity contribution in [2.75, 3.05) is 6.54 Å². The lowest BCUT2D eigenvalue weighted by atomic mass is 10.1. The summed E-state index contributed by atoms with van der Waals surface area (Å²) < 4.78 is 0. The fourth-order valence-corrected chi connectivity index (χ4v) is 2.33. The van der Waals surface area contributed by atoms with E-state index in [0.29, 0.717) is 0 Å². The van der Waals surface area contributed by atoms with Gasteiger partial charge in [-0.2, -0.15) is 0 Å². The monoisotopic (exact) mass is 220 g/mol. The lowest BCUT2D eigenvalue weighted by molar-refractivity contribution is -0.143. The van der Waals surface area contributed by atoms with Crippen molar-refractivity contribution >= 4 is 5.97 Å². The van der Waals surface area contributed by atoms with Crippen LogP contribution in [0.15, 0.2) is 24.5 Å². The van der Waals surface area contributed by atoms with Crippen LogP contribution in [0, 0.1) is 0 Å². The lowest BCUT2D eigenvalue weighted by Crippen LogP contribution is -2.38. The molecule has 1 aliphatic rings. The van der Waals surface area contributed by atoms with Gasteiger partial charge in [-0.1, -0.05) is 6.07 Å². The minimum absolute atomic E-state index is 0.208. The van der Waals surface area contributed by atoms with E-state index < -0.39 is 12.0 Å². The van der Waals surface area contributed by atoms with E-state index in [-0.39, 0.29) is 6.04 Å². The van der Waals surface area contributed by atoms with E-state index in [1.165, 1.54) is 0 Å². The molecule has 1 aromatic rings. The van der Waals surface area contributed by atoms with Crippen molar-refractivity contribution in [1.29, 1.82) is 0 Å². The number of carboxylic acids is 1. The van der Waals surface area contributed by atoms with Crippen LogP contribution in [0.4, 0.5) is 0 Å². The minimum atomic E-state index is -0.754. The molecule has 1 N–H and O–H groups in total. The predicted molar refractivity (Wildman–Crippen MR) is 60.0 cm³/mol. The van der Waals surface area contributed by atoms with Gasteiger partial charge in [-0.25, -0.2) is 0 Å². The number of hydrogen-bond donors (Lipinski definition) is 1. The average molecular weight is 220 g/mol. The summed E-state index contributed by atoms with van der Waals surface area (Å²) in [5.74, 6) is -0.754.